The second-order valence-corrected chi connectivity index (χ2v) is 4.16. The quantitative estimate of drug-likeness (QED) is 0.652. The van der Waals surface area contributed by atoms with Gasteiger partial charge in [-0.05, 0) is 18.8 Å². The third kappa shape index (κ3) is 3.11. The third-order valence-electron chi connectivity index (χ3n) is 2.80. The molecule has 0 radical (unpaired) electrons. The maximum Gasteiger partial charge on any atom is 0.0217 e. The Labute approximate surface area is 76.3 Å². The highest BCUT2D eigenvalue weighted by molar-refractivity contribution is 4.75. The number of rotatable bonds is 3. The van der Waals surface area contributed by atoms with Crippen LogP contribution in [0.15, 0.2) is 0 Å². The molecule has 1 aliphatic carbocycles. The molecule has 2 nitrogen and oxygen atoms in total. The molecule has 2 heteroatoms. The molecule has 0 aromatic heterocycles. The zero-order valence-electron chi connectivity index (χ0n) is 8.64. The lowest BCUT2D eigenvalue weighted by molar-refractivity contribution is 0.178. The van der Waals surface area contributed by atoms with E-state index in [2.05, 4.69) is 31.5 Å². The van der Waals surface area contributed by atoms with Crippen molar-refractivity contribution in [2.75, 3.05) is 14.1 Å². The van der Waals surface area contributed by atoms with E-state index in [1.807, 2.05) is 0 Å². The van der Waals surface area contributed by atoms with Crippen LogP contribution < -0.4 is 5.43 Å². The molecule has 0 saturated heterocycles. The Balaban J connectivity index is 2.25. The summed E-state index contributed by atoms with van der Waals surface area (Å²) >= 11 is 0. The third-order valence-corrected chi connectivity index (χ3v) is 2.80. The lowest BCUT2D eigenvalue weighted by Crippen LogP contribution is -2.42. The van der Waals surface area contributed by atoms with E-state index in [0.717, 1.165) is 12.0 Å². The van der Waals surface area contributed by atoms with E-state index >= 15 is 0 Å². The molecule has 12 heavy (non-hydrogen) atoms. The van der Waals surface area contributed by atoms with Gasteiger partial charge in [0.1, 0.15) is 0 Å². The summed E-state index contributed by atoms with van der Waals surface area (Å²) in [4.78, 5) is 0. The van der Waals surface area contributed by atoms with Crippen LogP contribution >= 0.6 is 0 Å². The van der Waals surface area contributed by atoms with Crippen LogP contribution in [0.5, 0.6) is 0 Å². The van der Waals surface area contributed by atoms with Crippen LogP contribution in [0.3, 0.4) is 0 Å². The zero-order chi connectivity index (χ0) is 8.97. The molecule has 0 aromatic carbocycles. The maximum atomic E-state index is 3.48. The smallest absolute Gasteiger partial charge is 0.0217 e. The van der Waals surface area contributed by atoms with E-state index in [-0.39, 0.29) is 0 Å². The average molecular weight is 170 g/mol. The summed E-state index contributed by atoms with van der Waals surface area (Å²) in [5.41, 5.74) is 3.48. The van der Waals surface area contributed by atoms with Gasteiger partial charge in [-0.3, -0.25) is 10.4 Å². The van der Waals surface area contributed by atoms with Crippen molar-refractivity contribution < 1.29 is 0 Å². The Bertz CT molecular complexity index is 123. The van der Waals surface area contributed by atoms with Gasteiger partial charge in [0.2, 0.25) is 0 Å². The maximum absolute atomic E-state index is 3.48. The van der Waals surface area contributed by atoms with Crippen molar-refractivity contribution >= 4 is 0 Å². The summed E-state index contributed by atoms with van der Waals surface area (Å²) in [7, 11) is 4.16. The van der Waals surface area contributed by atoms with Gasteiger partial charge in [0.05, 0.1) is 0 Å². The van der Waals surface area contributed by atoms with Gasteiger partial charge in [0.25, 0.3) is 0 Å². The molecule has 1 saturated carbocycles. The molecule has 1 aliphatic rings. The Morgan fingerprint density at radius 3 is 2.67 bits per heavy atom. The monoisotopic (exact) mass is 170 g/mol. The molecule has 0 bridgehead atoms. The highest BCUT2D eigenvalue weighted by atomic mass is 15.5. The van der Waals surface area contributed by atoms with Crippen molar-refractivity contribution in [1.29, 1.82) is 0 Å². The molecule has 0 heterocycles. The lowest BCUT2D eigenvalue weighted by Gasteiger charge is -2.31. The van der Waals surface area contributed by atoms with E-state index in [1.165, 1.54) is 32.1 Å². The minimum absolute atomic E-state index is 0.735. The zero-order valence-corrected chi connectivity index (χ0v) is 8.64. The van der Waals surface area contributed by atoms with Crippen molar-refractivity contribution in [3.63, 3.8) is 0 Å². The fraction of sp³-hybridized carbons (Fsp3) is 1.00. The summed E-state index contributed by atoms with van der Waals surface area (Å²) in [5, 5.41) is 2.09. The van der Waals surface area contributed by atoms with Crippen LogP contribution in [0.25, 0.3) is 0 Å². The molecule has 1 N–H and O–H groups in total. The normalized spacial score (nSPS) is 31.0. The van der Waals surface area contributed by atoms with Crippen molar-refractivity contribution in [2.45, 2.75) is 45.1 Å². The highest BCUT2D eigenvalue weighted by Gasteiger charge is 2.20. The van der Waals surface area contributed by atoms with E-state index in [1.54, 1.807) is 0 Å². The molecule has 0 aromatic rings. The molecule has 1 rings (SSSR count). The molecular weight excluding hydrogens is 148 g/mol. The Morgan fingerprint density at radius 2 is 2.08 bits per heavy atom. The Kier molecular flexibility index (Phi) is 4.02. The summed E-state index contributed by atoms with van der Waals surface area (Å²) in [5.74, 6) is 0.969. The second kappa shape index (κ2) is 4.83. The van der Waals surface area contributed by atoms with E-state index in [9.17, 15) is 0 Å². The fourth-order valence-corrected chi connectivity index (χ4v) is 2.14. The summed E-state index contributed by atoms with van der Waals surface area (Å²) < 4.78 is 0. The first kappa shape index (κ1) is 10.0. The predicted octanol–water partition coefficient (Wildman–Crippen LogP) is 2.02. The van der Waals surface area contributed by atoms with E-state index < -0.39 is 0 Å². The van der Waals surface area contributed by atoms with Gasteiger partial charge in [-0.1, -0.05) is 26.2 Å². The number of hydrogen-bond donors (Lipinski definition) is 1. The summed E-state index contributed by atoms with van der Waals surface area (Å²) in [6, 6.07) is 0.735. The second-order valence-electron chi connectivity index (χ2n) is 4.16. The highest BCUT2D eigenvalue weighted by Crippen LogP contribution is 2.26. The number of hydrazine groups is 1. The molecule has 0 spiro atoms. The minimum atomic E-state index is 0.735. The summed E-state index contributed by atoms with van der Waals surface area (Å²) in [6.07, 6.45) is 6.93. The largest absolute Gasteiger partial charge is 0.253 e. The van der Waals surface area contributed by atoms with Crippen LogP contribution in [-0.2, 0) is 0 Å². The average Bonchev–Trinajstić information content (AvgIpc) is 2.03. The standard InChI is InChI=1S/C10H22N2/c1-4-9-6-5-7-10(8-9)11-12(2)3/h9-11H,4-8H2,1-3H3. The molecule has 0 aliphatic heterocycles. The molecule has 2 atom stereocenters. The topological polar surface area (TPSA) is 15.3 Å². The predicted molar refractivity (Wildman–Crippen MR) is 52.9 cm³/mol. The Hall–Kier alpha value is -0.0800. The van der Waals surface area contributed by atoms with Gasteiger partial charge in [0.15, 0.2) is 0 Å². The van der Waals surface area contributed by atoms with Crippen molar-refractivity contribution in [1.82, 2.24) is 10.4 Å². The van der Waals surface area contributed by atoms with Crippen LogP contribution in [0.1, 0.15) is 39.0 Å². The van der Waals surface area contributed by atoms with Crippen LogP contribution in [0, 0.1) is 5.92 Å². The fourth-order valence-electron chi connectivity index (χ4n) is 2.14. The Morgan fingerprint density at radius 1 is 1.33 bits per heavy atom. The first-order valence-corrected chi connectivity index (χ1v) is 5.16. The van der Waals surface area contributed by atoms with Crippen LogP contribution in [-0.4, -0.2) is 25.1 Å². The summed E-state index contributed by atoms with van der Waals surface area (Å²) in [6.45, 7) is 2.31. The van der Waals surface area contributed by atoms with E-state index in [4.69, 9.17) is 0 Å². The lowest BCUT2D eigenvalue weighted by atomic mass is 9.84. The van der Waals surface area contributed by atoms with Gasteiger partial charge in [-0.15, -0.1) is 0 Å². The van der Waals surface area contributed by atoms with Crippen molar-refractivity contribution in [3.05, 3.63) is 0 Å². The van der Waals surface area contributed by atoms with Gasteiger partial charge in [-0.25, -0.2) is 0 Å². The molecule has 72 valence electrons. The number of nitrogens with zero attached hydrogens (tertiary/aromatic N) is 1. The minimum Gasteiger partial charge on any atom is -0.253 e. The van der Waals surface area contributed by atoms with Gasteiger partial charge >= 0.3 is 0 Å². The van der Waals surface area contributed by atoms with Gasteiger partial charge < -0.3 is 0 Å². The van der Waals surface area contributed by atoms with Gasteiger partial charge in [0, 0.05) is 20.1 Å². The SMILES string of the molecule is CCC1CCCC(NN(C)C)C1. The molecule has 1 fully saturated rings. The first-order chi connectivity index (χ1) is 5.72. The first-order valence-electron chi connectivity index (χ1n) is 5.16. The molecule has 0 amide bonds. The van der Waals surface area contributed by atoms with Crippen molar-refractivity contribution in [3.8, 4) is 0 Å². The van der Waals surface area contributed by atoms with Gasteiger partial charge in [-0.2, -0.15) is 0 Å². The van der Waals surface area contributed by atoms with Crippen LogP contribution in [0.4, 0.5) is 0 Å². The van der Waals surface area contributed by atoms with Crippen molar-refractivity contribution in [2.24, 2.45) is 5.92 Å². The number of hydrogen-bond acceptors (Lipinski definition) is 2. The number of nitrogens with one attached hydrogen (secondary N) is 1. The molecular formula is C10H22N2. The van der Waals surface area contributed by atoms with E-state index in [0.29, 0.717) is 0 Å². The molecule has 2 unspecified atom stereocenters. The van der Waals surface area contributed by atoms with Crippen LogP contribution in [0.2, 0.25) is 0 Å².